The van der Waals surface area contributed by atoms with Crippen LogP contribution in [0.5, 0.6) is 0 Å². The Morgan fingerprint density at radius 2 is 1.96 bits per heavy atom. The highest BCUT2D eigenvalue weighted by Gasteiger charge is 2.32. The van der Waals surface area contributed by atoms with Crippen LogP contribution in [-0.4, -0.2) is 18.5 Å². The molecule has 130 valence electrons. The minimum Gasteiger partial charge on any atom is -0.380 e. The molecule has 0 spiro atoms. The van der Waals surface area contributed by atoms with Gasteiger partial charge in [0.25, 0.3) is 5.91 Å². The smallest absolute Gasteiger partial charge is 0.258 e. The highest BCUT2D eigenvalue weighted by molar-refractivity contribution is 6.06. The van der Waals surface area contributed by atoms with Gasteiger partial charge in [-0.05, 0) is 50.6 Å². The van der Waals surface area contributed by atoms with Gasteiger partial charge in [0.1, 0.15) is 0 Å². The maximum Gasteiger partial charge on any atom is 0.258 e. The van der Waals surface area contributed by atoms with Crippen LogP contribution < -0.4 is 15.6 Å². The fraction of sp³-hybridized carbons (Fsp3) is 0.316. The number of para-hydroxylation sites is 1. The Morgan fingerprint density at radius 3 is 2.64 bits per heavy atom. The quantitative estimate of drug-likeness (QED) is 0.655. The number of anilines is 2. The average Bonchev–Trinajstić information content (AvgIpc) is 2.60. The molecule has 1 heterocycles. The Balaban J connectivity index is 1.93. The number of amides is 1. The van der Waals surface area contributed by atoms with Crippen molar-refractivity contribution in [2.75, 3.05) is 17.3 Å². The van der Waals surface area contributed by atoms with E-state index in [1.165, 1.54) is 0 Å². The molecule has 1 aliphatic heterocycles. The molecule has 0 unspecified atom stereocenters. The first-order chi connectivity index (χ1) is 11.9. The second-order valence-electron chi connectivity index (χ2n) is 6.99. The van der Waals surface area contributed by atoms with Gasteiger partial charge >= 0.3 is 0 Å². The van der Waals surface area contributed by atoms with E-state index >= 15 is 0 Å². The van der Waals surface area contributed by atoms with E-state index < -0.39 is 0 Å². The molecular formula is C19H22N4O2. The molecule has 0 radical (unpaired) electrons. The normalized spacial score (nSPS) is 17.8. The van der Waals surface area contributed by atoms with E-state index in [1.54, 1.807) is 18.0 Å². The van der Waals surface area contributed by atoms with Gasteiger partial charge in [0, 0.05) is 35.1 Å². The van der Waals surface area contributed by atoms with Crippen molar-refractivity contribution >= 4 is 17.3 Å². The van der Waals surface area contributed by atoms with Gasteiger partial charge in [-0.3, -0.25) is 10.2 Å². The van der Waals surface area contributed by atoms with E-state index in [9.17, 15) is 9.70 Å². The number of fused-ring (bicyclic) bond motifs is 1. The van der Waals surface area contributed by atoms with Gasteiger partial charge in [-0.1, -0.05) is 18.2 Å². The van der Waals surface area contributed by atoms with Gasteiger partial charge in [0.05, 0.1) is 11.3 Å². The number of hydrogen-bond donors (Lipinski definition) is 2. The van der Waals surface area contributed by atoms with E-state index in [0.29, 0.717) is 12.0 Å². The summed E-state index contributed by atoms with van der Waals surface area (Å²) in [6.45, 7) is 4.13. The number of rotatable bonds is 4. The second kappa shape index (κ2) is 6.55. The monoisotopic (exact) mass is 338 g/mol. The topological polar surface area (TPSA) is 73.8 Å². The van der Waals surface area contributed by atoms with E-state index in [4.69, 9.17) is 0 Å². The molecule has 25 heavy (non-hydrogen) atoms. The van der Waals surface area contributed by atoms with Gasteiger partial charge in [-0.25, -0.2) is 0 Å². The Bertz CT molecular complexity index is 789. The lowest BCUT2D eigenvalue weighted by Gasteiger charge is -2.38. The van der Waals surface area contributed by atoms with Crippen molar-refractivity contribution in [1.29, 1.82) is 0 Å². The van der Waals surface area contributed by atoms with Gasteiger partial charge in [-0.15, -0.1) is 4.91 Å². The lowest BCUT2D eigenvalue weighted by molar-refractivity contribution is 0.0993. The van der Waals surface area contributed by atoms with Crippen LogP contribution in [0.1, 0.15) is 42.2 Å². The lowest BCUT2D eigenvalue weighted by atomic mass is 9.85. The maximum atomic E-state index is 12.8. The molecule has 1 amide bonds. The molecule has 6 nitrogen and oxygen atoms in total. The van der Waals surface area contributed by atoms with E-state index in [2.05, 4.69) is 29.9 Å². The zero-order valence-electron chi connectivity index (χ0n) is 14.6. The Hall–Kier alpha value is -2.89. The minimum atomic E-state index is -0.224. The number of hydrogen-bond acceptors (Lipinski definition) is 4. The van der Waals surface area contributed by atoms with E-state index in [-0.39, 0.29) is 17.5 Å². The standard InChI is InChI=1S/C19H22N4O2/c1-19(2)12-17(21-22-25)15-11-13(9-10-16(15)20-19)18(24)23(3)14-7-5-4-6-8-14/h4-11,17,20H,12H2,1-3H3,(H,21,25)/t17-/m0/s1. The molecule has 1 atom stereocenters. The summed E-state index contributed by atoms with van der Waals surface area (Å²) in [4.78, 5) is 25.2. The molecule has 0 aliphatic carbocycles. The first kappa shape index (κ1) is 17.0. The second-order valence-corrected chi connectivity index (χ2v) is 6.99. The highest BCUT2D eigenvalue weighted by atomic mass is 16.3. The summed E-state index contributed by atoms with van der Waals surface area (Å²) in [5.74, 6) is -0.100. The number of nitrogens with one attached hydrogen (secondary N) is 2. The zero-order valence-corrected chi connectivity index (χ0v) is 14.6. The lowest BCUT2D eigenvalue weighted by Crippen LogP contribution is -2.40. The molecule has 0 saturated carbocycles. The number of benzene rings is 2. The van der Waals surface area contributed by atoms with Crippen molar-refractivity contribution in [3.63, 3.8) is 0 Å². The summed E-state index contributed by atoms with van der Waals surface area (Å²) in [5.41, 5.74) is 5.66. The molecule has 3 rings (SSSR count). The fourth-order valence-electron chi connectivity index (χ4n) is 3.28. The largest absolute Gasteiger partial charge is 0.380 e. The van der Waals surface area contributed by atoms with Crippen LogP contribution in [0.3, 0.4) is 0 Å². The Morgan fingerprint density at radius 1 is 1.24 bits per heavy atom. The average molecular weight is 338 g/mol. The van der Waals surface area contributed by atoms with E-state index in [1.807, 2.05) is 42.5 Å². The minimum absolute atomic E-state index is 0.100. The fourth-order valence-corrected chi connectivity index (χ4v) is 3.28. The van der Waals surface area contributed by atoms with Crippen molar-refractivity contribution in [3.8, 4) is 0 Å². The van der Waals surface area contributed by atoms with Gasteiger partial charge < -0.3 is 10.2 Å². The number of carbonyl (C=O) groups is 1. The van der Waals surface area contributed by atoms with Crippen molar-refractivity contribution < 1.29 is 4.79 Å². The maximum absolute atomic E-state index is 12.8. The summed E-state index contributed by atoms with van der Waals surface area (Å²) in [6, 6.07) is 14.8. The summed E-state index contributed by atoms with van der Waals surface area (Å²) in [6.07, 6.45) is 0.692. The SMILES string of the molecule is CN(C(=O)c1ccc2c(c1)[C@@H](NN=O)CC(C)(C)N2)c1ccccc1. The summed E-state index contributed by atoms with van der Waals surface area (Å²) in [7, 11) is 1.75. The third-order valence-corrected chi connectivity index (χ3v) is 4.52. The summed E-state index contributed by atoms with van der Waals surface area (Å²) in [5, 5.41) is 6.30. The summed E-state index contributed by atoms with van der Waals surface area (Å²) >= 11 is 0. The van der Waals surface area contributed by atoms with Crippen LogP contribution in [0, 0.1) is 4.91 Å². The van der Waals surface area contributed by atoms with Crippen molar-refractivity contribution in [1.82, 2.24) is 5.43 Å². The van der Waals surface area contributed by atoms with E-state index in [0.717, 1.165) is 16.9 Å². The van der Waals surface area contributed by atoms with Crippen molar-refractivity contribution in [2.45, 2.75) is 31.8 Å². The molecule has 0 aromatic heterocycles. The predicted octanol–water partition coefficient (Wildman–Crippen LogP) is 3.87. The first-order valence-corrected chi connectivity index (χ1v) is 8.24. The molecule has 2 aromatic carbocycles. The molecule has 0 fully saturated rings. The van der Waals surface area contributed by atoms with Gasteiger partial charge in [-0.2, -0.15) is 0 Å². The molecule has 2 aromatic rings. The van der Waals surface area contributed by atoms with Gasteiger partial charge in [0.15, 0.2) is 0 Å². The van der Waals surface area contributed by atoms with Gasteiger partial charge in [0.2, 0.25) is 0 Å². The summed E-state index contributed by atoms with van der Waals surface area (Å²) < 4.78 is 0. The van der Waals surface area contributed by atoms with Crippen LogP contribution in [0.2, 0.25) is 0 Å². The number of nitrogens with zero attached hydrogens (tertiary/aromatic N) is 2. The first-order valence-electron chi connectivity index (χ1n) is 8.24. The number of nitroso groups, excluding NO2 is 1. The Kier molecular flexibility index (Phi) is 4.44. The zero-order chi connectivity index (χ0) is 18.0. The molecule has 2 N–H and O–H groups in total. The highest BCUT2D eigenvalue weighted by Crippen LogP contribution is 2.38. The molecule has 6 heteroatoms. The van der Waals surface area contributed by atoms with Crippen LogP contribution >= 0.6 is 0 Å². The third-order valence-electron chi connectivity index (χ3n) is 4.52. The number of carbonyl (C=O) groups excluding carboxylic acids is 1. The Labute approximate surface area is 147 Å². The van der Waals surface area contributed by atoms with Crippen LogP contribution in [-0.2, 0) is 0 Å². The molecular weight excluding hydrogens is 316 g/mol. The van der Waals surface area contributed by atoms with Crippen LogP contribution in [0.25, 0.3) is 0 Å². The molecule has 1 aliphatic rings. The van der Waals surface area contributed by atoms with Crippen LogP contribution in [0.4, 0.5) is 11.4 Å². The third kappa shape index (κ3) is 3.47. The molecule has 0 bridgehead atoms. The predicted molar refractivity (Wildman–Crippen MR) is 99.6 cm³/mol. The van der Waals surface area contributed by atoms with Crippen molar-refractivity contribution in [3.05, 3.63) is 64.6 Å². The molecule has 0 saturated heterocycles. The van der Waals surface area contributed by atoms with Crippen LogP contribution in [0.15, 0.2) is 53.8 Å². The van der Waals surface area contributed by atoms with Crippen molar-refractivity contribution in [2.24, 2.45) is 5.29 Å².